The zero-order chi connectivity index (χ0) is 28.3. The maximum absolute atomic E-state index is 4.72. The van der Waals surface area contributed by atoms with Gasteiger partial charge in [-0.05, 0) is 54.6 Å². The summed E-state index contributed by atoms with van der Waals surface area (Å²) >= 11 is 0. The van der Waals surface area contributed by atoms with Crippen LogP contribution >= 0.6 is 0 Å². The third kappa shape index (κ3) is 3.45. The second-order valence-corrected chi connectivity index (χ2v) is 10.8. The fourth-order valence-corrected chi connectivity index (χ4v) is 6.62. The molecule has 0 atom stereocenters. The molecule has 202 valence electrons. The SMILES string of the molecule is c1ccc(-n2c3ccccc3c3c2c2c(c4ccccc4n2-c2cncc(-c4ccccn4)c2)n3-c2ccccc2)cc1. The van der Waals surface area contributed by atoms with E-state index < -0.39 is 0 Å². The molecule has 43 heavy (non-hydrogen) atoms. The Morgan fingerprint density at radius 3 is 1.56 bits per heavy atom. The Hall–Kier alpha value is -5.94. The summed E-state index contributed by atoms with van der Waals surface area (Å²) in [6.07, 6.45) is 5.67. The van der Waals surface area contributed by atoms with Crippen molar-refractivity contribution < 1.29 is 0 Å². The van der Waals surface area contributed by atoms with Crippen molar-refractivity contribution in [2.45, 2.75) is 0 Å². The Morgan fingerprint density at radius 1 is 0.419 bits per heavy atom. The number of benzene rings is 4. The van der Waals surface area contributed by atoms with Gasteiger partial charge in [0.15, 0.2) is 0 Å². The van der Waals surface area contributed by atoms with Gasteiger partial charge in [-0.15, -0.1) is 0 Å². The summed E-state index contributed by atoms with van der Waals surface area (Å²) in [5.41, 5.74) is 12.1. The van der Waals surface area contributed by atoms with Crippen LogP contribution in [-0.4, -0.2) is 23.7 Å². The van der Waals surface area contributed by atoms with E-state index in [1.807, 2.05) is 36.8 Å². The van der Waals surface area contributed by atoms with Crippen LogP contribution in [0.3, 0.4) is 0 Å². The van der Waals surface area contributed by atoms with Gasteiger partial charge in [-0.1, -0.05) is 78.9 Å². The fraction of sp³-hybridized carbons (Fsp3) is 0. The Labute approximate surface area is 247 Å². The molecule has 0 aliphatic heterocycles. The lowest BCUT2D eigenvalue weighted by atomic mass is 10.2. The van der Waals surface area contributed by atoms with Crippen LogP contribution < -0.4 is 0 Å². The minimum Gasteiger partial charge on any atom is -0.306 e. The number of fused-ring (bicyclic) bond motifs is 7. The molecule has 5 aromatic heterocycles. The standard InChI is InChI=1S/C38H25N5/c1-3-13-27(14-4-1)41-33-20-9-7-17-30(33)35-37(41)38-36(43(35)28-15-5-2-6-16-28)31-18-8-10-21-34(31)42(38)29-23-26(24-39-25-29)32-19-11-12-22-40-32/h1-25H. The lowest BCUT2D eigenvalue weighted by Crippen LogP contribution is -1.98. The summed E-state index contributed by atoms with van der Waals surface area (Å²) in [7, 11) is 0. The topological polar surface area (TPSA) is 40.6 Å². The van der Waals surface area contributed by atoms with Crippen LogP contribution in [0.2, 0.25) is 0 Å². The molecule has 0 aliphatic carbocycles. The zero-order valence-corrected chi connectivity index (χ0v) is 23.2. The summed E-state index contributed by atoms with van der Waals surface area (Å²) in [4.78, 5) is 9.34. The molecular formula is C38H25N5. The fourth-order valence-electron chi connectivity index (χ4n) is 6.62. The Balaban J connectivity index is 1.53. The van der Waals surface area contributed by atoms with Crippen molar-refractivity contribution in [2.24, 2.45) is 0 Å². The van der Waals surface area contributed by atoms with Crippen LogP contribution in [0.1, 0.15) is 0 Å². The second-order valence-electron chi connectivity index (χ2n) is 10.8. The van der Waals surface area contributed by atoms with Gasteiger partial charge < -0.3 is 13.7 Å². The first kappa shape index (κ1) is 23.7. The van der Waals surface area contributed by atoms with E-state index >= 15 is 0 Å². The Bertz CT molecular complexity index is 2430. The number of rotatable bonds is 4. The van der Waals surface area contributed by atoms with Crippen LogP contribution in [0.15, 0.2) is 152 Å². The van der Waals surface area contributed by atoms with E-state index in [9.17, 15) is 0 Å². The van der Waals surface area contributed by atoms with Crippen LogP contribution in [-0.2, 0) is 0 Å². The highest BCUT2D eigenvalue weighted by atomic mass is 15.1. The monoisotopic (exact) mass is 551 g/mol. The number of aromatic nitrogens is 5. The van der Waals surface area contributed by atoms with Gasteiger partial charge >= 0.3 is 0 Å². The number of para-hydroxylation sites is 4. The van der Waals surface area contributed by atoms with Gasteiger partial charge in [0.2, 0.25) is 0 Å². The van der Waals surface area contributed by atoms with Gasteiger partial charge in [-0.25, -0.2) is 0 Å². The first-order valence-electron chi connectivity index (χ1n) is 14.4. The van der Waals surface area contributed by atoms with Crippen molar-refractivity contribution in [3.05, 3.63) is 152 Å². The highest BCUT2D eigenvalue weighted by Crippen LogP contribution is 2.45. The molecule has 0 amide bonds. The van der Waals surface area contributed by atoms with Crippen molar-refractivity contribution in [2.75, 3.05) is 0 Å². The summed E-state index contributed by atoms with van der Waals surface area (Å²) < 4.78 is 7.24. The number of pyridine rings is 2. The predicted molar refractivity (Wildman–Crippen MR) is 175 cm³/mol. The van der Waals surface area contributed by atoms with Gasteiger partial charge in [-0.3, -0.25) is 9.97 Å². The molecule has 5 heteroatoms. The molecule has 5 heterocycles. The molecule has 0 saturated heterocycles. The normalized spacial score (nSPS) is 11.7. The second kappa shape index (κ2) is 9.29. The first-order valence-corrected chi connectivity index (χ1v) is 14.4. The lowest BCUT2D eigenvalue weighted by molar-refractivity contribution is 1.13. The smallest absolute Gasteiger partial charge is 0.0976 e. The quantitative estimate of drug-likeness (QED) is 0.219. The van der Waals surface area contributed by atoms with Gasteiger partial charge in [0.25, 0.3) is 0 Å². The van der Waals surface area contributed by atoms with Crippen molar-refractivity contribution >= 4 is 43.9 Å². The van der Waals surface area contributed by atoms with Crippen LogP contribution in [0.4, 0.5) is 0 Å². The maximum Gasteiger partial charge on any atom is 0.0976 e. The summed E-state index contributed by atoms with van der Waals surface area (Å²) in [5.74, 6) is 0. The van der Waals surface area contributed by atoms with E-state index in [2.05, 4.69) is 134 Å². The molecule has 0 unspecified atom stereocenters. The average Bonchev–Trinajstić information content (AvgIpc) is 3.71. The van der Waals surface area contributed by atoms with Gasteiger partial charge in [-0.2, -0.15) is 0 Å². The minimum atomic E-state index is 0.898. The van der Waals surface area contributed by atoms with Crippen LogP contribution in [0.25, 0.3) is 72.2 Å². The molecular weight excluding hydrogens is 526 g/mol. The Morgan fingerprint density at radius 2 is 0.953 bits per heavy atom. The molecule has 9 aromatic rings. The molecule has 0 fully saturated rings. The van der Waals surface area contributed by atoms with Gasteiger partial charge in [0.05, 0.1) is 50.7 Å². The molecule has 0 bridgehead atoms. The predicted octanol–water partition coefficient (Wildman–Crippen LogP) is 9.13. The van der Waals surface area contributed by atoms with E-state index in [0.29, 0.717) is 0 Å². The molecule has 5 nitrogen and oxygen atoms in total. The highest BCUT2D eigenvalue weighted by Gasteiger charge is 2.27. The minimum absolute atomic E-state index is 0.898. The van der Waals surface area contributed by atoms with Crippen molar-refractivity contribution in [1.29, 1.82) is 0 Å². The molecule has 0 saturated carbocycles. The van der Waals surface area contributed by atoms with E-state index in [-0.39, 0.29) is 0 Å². The number of nitrogens with zero attached hydrogens (tertiary/aromatic N) is 5. The largest absolute Gasteiger partial charge is 0.306 e. The molecule has 9 rings (SSSR count). The molecule has 0 spiro atoms. The molecule has 0 radical (unpaired) electrons. The number of hydrogen-bond donors (Lipinski definition) is 0. The van der Waals surface area contributed by atoms with Crippen LogP contribution in [0.5, 0.6) is 0 Å². The van der Waals surface area contributed by atoms with E-state index in [4.69, 9.17) is 4.98 Å². The van der Waals surface area contributed by atoms with Crippen molar-refractivity contribution in [1.82, 2.24) is 23.7 Å². The van der Waals surface area contributed by atoms with Gasteiger partial charge in [0, 0.05) is 40.1 Å². The molecule has 0 aliphatic rings. The molecule has 0 N–H and O–H groups in total. The summed E-state index contributed by atoms with van der Waals surface area (Å²) in [5, 5.41) is 2.39. The summed E-state index contributed by atoms with van der Waals surface area (Å²) in [6.45, 7) is 0. The summed E-state index contributed by atoms with van der Waals surface area (Å²) in [6, 6.07) is 47.0. The van der Waals surface area contributed by atoms with E-state index in [1.165, 1.54) is 27.3 Å². The lowest BCUT2D eigenvalue weighted by Gasteiger charge is -2.11. The van der Waals surface area contributed by atoms with Crippen molar-refractivity contribution in [3.63, 3.8) is 0 Å². The zero-order valence-electron chi connectivity index (χ0n) is 23.2. The first-order chi connectivity index (χ1) is 21.4. The van der Waals surface area contributed by atoms with Crippen molar-refractivity contribution in [3.8, 4) is 28.3 Å². The molecule has 4 aromatic carbocycles. The number of hydrogen-bond acceptors (Lipinski definition) is 2. The van der Waals surface area contributed by atoms with Crippen LogP contribution in [0, 0.1) is 0 Å². The average molecular weight is 552 g/mol. The van der Waals surface area contributed by atoms with Gasteiger partial charge in [0.1, 0.15) is 0 Å². The van der Waals surface area contributed by atoms with E-state index in [1.54, 1.807) is 0 Å². The third-order valence-corrected chi connectivity index (χ3v) is 8.34. The third-order valence-electron chi connectivity index (χ3n) is 8.34. The van der Waals surface area contributed by atoms with E-state index in [0.717, 1.165) is 44.9 Å². The maximum atomic E-state index is 4.72. The highest BCUT2D eigenvalue weighted by molar-refractivity contribution is 6.25. The Kier molecular flexibility index (Phi) is 5.13.